The lowest BCUT2D eigenvalue weighted by molar-refractivity contribution is -0.115. The number of alkyl halides is 1. The van der Waals surface area contributed by atoms with Gasteiger partial charge in [-0.15, -0.1) is 11.6 Å². The Morgan fingerprint density at radius 1 is 1.86 bits per heavy atom. The van der Waals surface area contributed by atoms with E-state index in [1.807, 2.05) is 0 Å². The van der Waals surface area contributed by atoms with Gasteiger partial charge in [0, 0.05) is 5.88 Å². The van der Waals surface area contributed by atoms with Crippen LogP contribution in [0.5, 0.6) is 0 Å². The van der Waals surface area contributed by atoms with E-state index in [4.69, 9.17) is 11.6 Å². The van der Waals surface area contributed by atoms with E-state index in [-0.39, 0.29) is 5.78 Å². The van der Waals surface area contributed by atoms with Gasteiger partial charge in [-0.25, -0.2) is 4.79 Å². The number of ketones is 1. The molecular weight excluding hydrogens is 112 g/mol. The van der Waals surface area contributed by atoms with Gasteiger partial charge in [-0.1, -0.05) is 0 Å². The van der Waals surface area contributed by atoms with Crippen LogP contribution >= 0.6 is 11.6 Å². The summed E-state index contributed by atoms with van der Waals surface area (Å²) in [5, 5.41) is 0. The fourth-order valence-corrected chi connectivity index (χ4v) is 0.424. The van der Waals surface area contributed by atoms with Crippen LogP contribution in [0.4, 0.5) is 0 Å². The molecule has 0 aliphatic heterocycles. The van der Waals surface area contributed by atoms with E-state index in [0.717, 1.165) is 0 Å². The maximum Gasteiger partial charge on any atom is 0.306 e. The minimum absolute atomic E-state index is 0.120. The summed E-state index contributed by atoms with van der Waals surface area (Å²) in [5.41, 5.74) is 0. The smallest absolute Gasteiger partial charge is 0.244 e. The van der Waals surface area contributed by atoms with Crippen LogP contribution in [-0.2, 0) is 4.79 Å². The molecule has 0 N–H and O–H groups in total. The molecule has 0 aromatic heterocycles. The number of carbonyl (C=O) groups excluding carboxylic acids is 1. The van der Waals surface area contributed by atoms with Crippen molar-refractivity contribution in [3.05, 3.63) is 6.42 Å². The van der Waals surface area contributed by atoms with E-state index in [2.05, 4.69) is 0 Å². The van der Waals surface area contributed by atoms with Crippen molar-refractivity contribution < 1.29 is 4.79 Å². The molecule has 0 saturated heterocycles. The number of carbonyl (C=O) groups is 1. The highest BCUT2D eigenvalue weighted by Gasteiger charge is 2.03. The highest BCUT2D eigenvalue weighted by molar-refractivity contribution is 6.19. The SMILES string of the molecule is C[CH+]C(=O)CCCl. The molecule has 1 nitrogen and oxygen atoms in total. The molecule has 0 unspecified atom stereocenters. The number of hydrogen-bond acceptors (Lipinski definition) is 1. The first-order chi connectivity index (χ1) is 3.31. The fraction of sp³-hybridized carbons (Fsp3) is 0.600. The van der Waals surface area contributed by atoms with Gasteiger partial charge in [0.2, 0.25) is 0 Å². The van der Waals surface area contributed by atoms with E-state index in [1.165, 1.54) is 6.42 Å². The molecule has 7 heavy (non-hydrogen) atoms. The molecule has 0 amide bonds. The second-order valence-corrected chi connectivity index (χ2v) is 1.57. The topological polar surface area (TPSA) is 17.1 Å². The first-order valence-electron chi connectivity index (χ1n) is 2.19. The normalized spacial score (nSPS) is 8.29. The summed E-state index contributed by atoms with van der Waals surface area (Å²) in [6.45, 7) is 1.72. The summed E-state index contributed by atoms with van der Waals surface area (Å²) in [5.74, 6) is 0.554. The van der Waals surface area contributed by atoms with Crippen molar-refractivity contribution in [2.24, 2.45) is 0 Å². The molecule has 2 heteroatoms. The van der Waals surface area contributed by atoms with Crippen molar-refractivity contribution in [3.8, 4) is 0 Å². The van der Waals surface area contributed by atoms with E-state index >= 15 is 0 Å². The average molecular weight is 120 g/mol. The van der Waals surface area contributed by atoms with Crippen molar-refractivity contribution in [2.75, 3.05) is 5.88 Å². The van der Waals surface area contributed by atoms with Gasteiger partial charge in [-0.3, -0.25) is 0 Å². The Hall–Kier alpha value is -0.170. The van der Waals surface area contributed by atoms with Crippen LogP contribution in [-0.4, -0.2) is 11.7 Å². The lowest BCUT2D eigenvalue weighted by Gasteiger charge is -1.76. The summed E-state index contributed by atoms with van der Waals surface area (Å²) in [6.07, 6.45) is 2.00. The largest absolute Gasteiger partial charge is 0.306 e. The zero-order valence-electron chi connectivity index (χ0n) is 4.28. The predicted octanol–water partition coefficient (Wildman–Crippen LogP) is 1.41. The quantitative estimate of drug-likeness (QED) is 0.406. The zero-order chi connectivity index (χ0) is 5.70. The molecule has 0 aliphatic carbocycles. The van der Waals surface area contributed by atoms with Gasteiger partial charge < -0.3 is 0 Å². The minimum Gasteiger partial charge on any atom is -0.244 e. The minimum atomic E-state index is 0.120. The van der Waals surface area contributed by atoms with Crippen LogP contribution in [0, 0.1) is 6.42 Å². The van der Waals surface area contributed by atoms with Gasteiger partial charge in [-0.2, -0.15) is 0 Å². The molecular formula is C5H8ClO+. The molecule has 0 aromatic rings. The summed E-state index contributed by atoms with van der Waals surface area (Å²) in [7, 11) is 0. The molecule has 0 radical (unpaired) electrons. The van der Waals surface area contributed by atoms with Crippen molar-refractivity contribution in [1.29, 1.82) is 0 Å². The van der Waals surface area contributed by atoms with Gasteiger partial charge >= 0.3 is 5.78 Å². The Kier molecular flexibility index (Phi) is 3.90. The highest BCUT2D eigenvalue weighted by Crippen LogP contribution is 1.88. The third-order valence-corrected chi connectivity index (χ3v) is 0.852. The molecule has 0 aromatic carbocycles. The van der Waals surface area contributed by atoms with Crippen LogP contribution in [0.2, 0.25) is 0 Å². The molecule has 0 rings (SSSR count). The second kappa shape index (κ2) is 4.00. The number of Topliss-reactive ketones (excluding diaryl/α,β-unsaturated/α-hetero) is 1. The van der Waals surface area contributed by atoms with Crippen LogP contribution < -0.4 is 0 Å². The average Bonchev–Trinajstić information content (AvgIpc) is 1.68. The Balaban J connectivity index is 3.00. The molecule has 0 atom stereocenters. The zero-order valence-corrected chi connectivity index (χ0v) is 5.03. The Bertz CT molecular complexity index is 61.1. The van der Waals surface area contributed by atoms with Gasteiger partial charge in [0.25, 0.3) is 0 Å². The summed E-state index contributed by atoms with van der Waals surface area (Å²) >= 11 is 5.23. The van der Waals surface area contributed by atoms with Gasteiger partial charge in [-0.05, 0) is 0 Å². The van der Waals surface area contributed by atoms with Crippen LogP contribution in [0.25, 0.3) is 0 Å². The van der Waals surface area contributed by atoms with Crippen molar-refractivity contribution >= 4 is 17.4 Å². The van der Waals surface area contributed by atoms with E-state index < -0.39 is 0 Å². The fourth-order valence-electron chi connectivity index (χ4n) is 0.237. The molecule has 0 aliphatic rings. The maximum atomic E-state index is 10.3. The van der Waals surface area contributed by atoms with Crippen molar-refractivity contribution in [1.82, 2.24) is 0 Å². The van der Waals surface area contributed by atoms with Gasteiger partial charge in [0.1, 0.15) is 6.42 Å². The first kappa shape index (κ1) is 6.83. The van der Waals surface area contributed by atoms with Crippen molar-refractivity contribution in [2.45, 2.75) is 13.3 Å². The number of rotatable bonds is 3. The Morgan fingerprint density at radius 3 is 2.57 bits per heavy atom. The lowest BCUT2D eigenvalue weighted by atomic mass is 10.2. The van der Waals surface area contributed by atoms with E-state index in [0.29, 0.717) is 12.3 Å². The predicted molar refractivity (Wildman–Crippen MR) is 30.3 cm³/mol. The molecule has 0 heterocycles. The van der Waals surface area contributed by atoms with Crippen LogP contribution in [0.3, 0.4) is 0 Å². The maximum absolute atomic E-state index is 10.3. The third kappa shape index (κ3) is 3.67. The molecule has 0 fully saturated rings. The standard InChI is InChI=1S/C5H8ClO/c1-2-5(7)3-4-6/h2H,3-4H2,1H3/q+1. The lowest BCUT2D eigenvalue weighted by Crippen LogP contribution is -1.94. The van der Waals surface area contributed by atoms with Gasteiger partial charge in [0.05, 0.1) is 13.3 Å². The summed E-state index contributed by atoms with van der Waals surface area (Å²) < 4.78 is 0. The second-order valence-electron chi connectivity index (χ2n) is 1.19. The summed E-state index contributed by atoms with van der Waals surface area (Å²) in [4.78, 5) is 10.3. The van der Waals surface area contributed by atoms with E-state index in [9.17, 15) is 4.79 Å². The van der Waals surface area contributed by atoms with Gasteiger partial charge in [0.15, 0.2) is 0 Å². The number of hydrogen-bond donors (Lipinski definition) is 0. The molecule has 40 valence electrons. The number of halogens is 1. The van der Waals surface area contributed by atoms with Crippen LogP contribution in [0.15, 0.2) is 0 Å². The molecule has 0 spiro atoms. The van der Waals surface area contributed by atoms with E-state index in [1.54, 1.807) is 6.92 Å². The molecule has 0 saturated carbocycles. The first-order valence-corrected chi connectivity index (χ1v) is 2.73. The Morgan fingerprint density at radius 2 is 2.43 bits per heavy atom. The van der Waals surface area contributed by atoms with Crippen molar-refractivity contribution in [3.63, 3.8) is 0 Å². The summed E-state index contributed by atoms with van der Waals surface area (Å²) in [6, 6.07) is 0. The van der Waals surface area contributed by atoms with Crippen LogP contribution in [0.1, 0.15) is 13.3 Å². The Labute approximate surface area is 48.7 Å². The monoisotopic (exact) mass is 119 g/mol. The third-order valence-electron chi connectivity index (χ3n) is 0.663. The molecule has 0 bridgehead atoms. The highest BCUT2D eigenvalue weighted by atomic mass is 35.5.